The summed E-state index contributed by atoms with van der Waals surface area (Å²) < 4.78 is 23.1. The fourth-order valence-electron chi connectivity index (χ4n) is 3.09. The minimum absolute atomic E-state index is 0.156. The lowest BCUT2D eigenvalue weighted by Crippen LogP contribution is -2.61. The summed E-state index contributed by atoms with van der Waals surface area (Å²) >= 11 is 0. The summed E-state index contributed by atoms with van der Waals surface area (Å²) in [6.45, 7) is 2.95. The Kier molecular flexibility index (Phi) is 7.82. The second-order valence-electron chi connectivity index (χ2n) is 6.79. The lowest BCUT2D eigenvalue weighted by Gasteiger charge is -2.42. The quantitative estimate of drug-likeness (QED) is 0.687. The van der Waals surface area contributed by atoms with Crippen LogP contribution in [0.2, 0.25) is 0 Å². The topological polar surface area (TPSA) is 77.4 Å². The van der Waals surface area contributed by atoms with Gasteiger partial charge in [0.05, 0.1) is 13.2 Å². The van der Waals surface area contributed by atoms with Crippen LogP contribution in [0.25, 0.3) is 0 Å². The minimum atomic E-state index is -1.12. The lowest BCUT2D eigenvalue weighted by atomic mass is 9.99. The maximum Gasteiger partial charge on any atom is 0.229 e. The van der Waals surface area contributed by atoms with E-state index >= 15 is 0 Å². The van der Waals surface area contributed by atoms with E-state index in [1.54, 1.807) is 12.1 Å². The predicted octanol–water partition coefficient (Wildman–Crippen LogP) is 2.52. The Morgan fingerprint density at radius 3 is 2.29 bits per heavy atom. The molecule has 1 aliphatic rings. The highest BCUT2D eigenvalue weighted by atomic mass is 16.7. The Bertz CT molecular complexity index is 680. The summed E-state index contributed by atoms with van der Waals surface area (Å²) in [5.74, 6) is 0.570. The molecule has 0 radical (unpaired) electrons. The molecule has 0 bridgehead atoms. The van der Waals surface area contributed by atoms with Crippen molar-refractivity contribution >= 4 is 0 Å². The van der Waals surface area contributed by atoms with Crippen molar-refractivity contribution in [1.29, 1.82) is 0 Å². The molecular weight excluding hydrogens is 360 g/mol. The molecule has 152 valence electrons. The summed E-state index contributed by atoms with van der Waals surface area (Å²) in [5, 5.41) is 21.3. The van der Waals surface area contributed by atoms with Crippen molar-refractivity contribution in [2.45, 2.75) is 50.7 Å². The maximum atomic E-state index is 10.7. The van der Waals surface area contributed by atoms with E-state index in [4.69, 9.17) is 18.9 Å². The molecule has 2 aromatic carbocycles. The van der Waals surface area contributed by atoms with E-state index < -0.39 is 30.7 Å². The third-order valence-corrected chi connectivity index (χ3v) is 4.55. The Morgan fingerprint density at radius 2 is 1.61 bits per heavy atom. The lowest BCUT2D eigenvalue weighted by molar-refractivity contribution is -0.288. The van der Waals surface area contributed by atoms with Crippen molar-refractivity contribution in [1.82, 2.24) is 0 Å². The van der Waals surface area contributed by atoms with Crippen molar-refractivity contribution in [3.8, 4) is 5.75 Å². The monoisotopic (exact) mass is 388 g/mol. The summed E-state index contributed by atoms with van der Waals surface area (Å²) in [4.78, 5) is 0. The molecule has 0 unspecified atom stereocenters. The van der Waals surface area contributed by atoms with E-state index in [0.29, 0.717) is 19.0 Å². The Labute approximate surface area is 165 Å². The van der Waals surface area contributed by atoms with Gasteiger partial charge in [0.2, 0.25) is 6.29 Å². The van der Waals surface area contributed by atoms with Gasteiger partial charge in [0.15, 0.2) is 0 Å². The summed E-state index contributed by atoms with van der Waals surface area (Å²) in [6.07, 6.45) is -3.82. The number of benzene rings is 2. The summed E-state index contributed by atoms with van der Waals surface area (Å²) in [7, 11) is 0. The van der Waals surface area contributed by atoms with Gasteiger partial charge >= 0.3 is 0 Å². The van der Waals surface area contributed by atoms with E-state index in [-0.39, 0.29) is 6.61 Å². The molecule has 2 N–H and O–H groups in total. The number of ether oxygens (including phenoxy) is 4. The van der Waals surface area contributed by atoms with Crippen molar-refractivity contribution in [3.05, 3.63) is 66.2 Å². The van der Waals surface area contributed by atoms with Gasteiger partial charge in [-0.05, 0) is 24.1 Å². The number of aliphatic hydroxyl groups is 2. The number of para-hydroxylation sites is 1. The Hall–Kier alpha value is -1.96. The van der Waals surface area contributed by atoms with Crippen LogP contribution < -0.4 is 4.74 Å². The van der Waals surface area contributed by atoms with Crippen LogP contribution in [0.5, 0.6) is 5.75 Å². The third kappa shape index (κ3) is 5.53. The van der Waals surface area contributed by atoms with Crippen LogP contribution in [0, 0.1) is 0 Å². The molecule has 5 atom stereocenters. The van der Waals surface area contributed by atoms with Crippen LogP contribution >= 0.6 is 0 Å². The van der Waals surface area contributed by atoms with Gasteiger partial charge in [-0.1, -0.05) is 55.5 Å². The van der Waals surface area contributed by atoms with Gasteiger partial charge in [-0.15, -0.1) is 0 Å². The third-order valence-electron chi connectivity index (χ3n) is 4.55. The average molecular weight is 388 g/mol. The van der Waals surface area contributed by atoms with Crippen LogP contribution in [0.15, 0.2) is 60.7 Å². The maximum absolute atomic E-state index is 10.7. The minimum Gasteiger partial charge on any atom is -0.462 e. The number of hydrogen-bond acceptors (Lipinski definition) is 6. The van der Waals surface area contributed by atoms with Crippen molar-refractivity contribution < 1.29 is 29.2 Å². The molecule has 3 rings (SSSR count). The standard InChI is InChI=1S/C22H28O6/c1-2-13-26-21-19(23)18(15-25-14-16-9-5-3-6-10-16)28-22(20(21)24)27-17-11-7-4-8-12-17/h3-12,18-24H,2,13-15H2,1H3/t18-,19+,20-,21-,22+/m0/s1. The summed E-state index contributed by atoms with van der Waals surface area (Å²) in [5.41, 5.74) is 1.03. The zero-order valence-electron chi connectivity index (χ0n) is 16.0. The fraction of sp³-hybridized carbons (Fsp3) is 0.455. The van der Waals surface area contributed by atoms with Crippen LogP contribution in [-0.4, -0.2) is 54.1 Å². The van der Waals surface area contributed by atoms with Gasteiger partial charge in [0, 0.05) is 6.61 Å². The zero-order chi connectivity index (χ0) is 19.8. The number of rotatable bonds is 9. The zero-order valence-corrected chi connectivity index (χ0v) is 16.0. The molecule has 1 fully saturated rings. The van der Waals surface area contributed by atoms with Crippen molar-refractivity contribution in [2.24, 2.45) is 0 Å². The van der Waals surface area contributed by atoms with Gasteiger partial charge in [-0.3, -0.25) is 0 Å². The number of aliphatic hydroxyl groups excluding tert-OH is 2. The van der Waals surface area contributed by atoms with E-state index in [2.05, 4.69) is 0 Å². The first-order valence-corrected chi connectivity index (χ1v) is 9.65. The smallest absolute Gasteiger partial charge is 0.229 e. The predicted molar refractivity (Wildman–Crippen MR) is 104 cm³/mol. The van der Waals surface area contributed by atoms with Gasteiger partial charge in [-0.2, -0.15) is 0 Å². The second-order valence-corrected chi connectivity index (χ2v) is 6.79. The highest BCUT2D eigenvalue weighted by molar-refractivity contribution is 5.21. The van der Waals surface area contributed by atoms with E-state index in [1.807, 2.05) is 55.5 Å². The number of hydrogen-bond donors (Lipinski definition) is 2. The molecule has 6 heteroatoms. The summed E-state index contributed by atoms with van der Waals surface area (Å²) in [6, 6.07) is 18.9. The average Bonchev–Trinajstić information content (AvgIpc) is 2.73. The second kappa shape index (κ2) is 10.5. The van der Waals surface area contributed by atoms with E-state index in [9.17, 15) is 10.2 Å². The molecule has 1 saturated heterocycles. The molecule has 28 heavy (non-hydrogen) atoms. The van der Waals surface area contributed by atoms with E-state index in [1.165, 1.54) is 0 Å². The molecule has 1 aliphatic heterocycles. The van der Waals surface area contributed by atoms with E-state index in [0.717, 1.165) is 12.0 Å². The molecule has 0 saturated carbocycles. The van der Waals surface area contributed by atoms with Gasteiger partial charge in [0.25, 0.3) is 0 Å². The van der Waals surface area contributed by atoms with Crippen LogP contribution in [0.4, 0.5) is 0 Å². The van der Waals surface area contributed by atoms with Crippen molar-refractivity contribution in [2.75, 3.05) is 13.2 Å². The largest absolute Gasteiger partial charge is 0.462 e. The highest BCUT2D eigenvalue weighted by Gasteiger charge is 2.46. The van der Waals surface area contributed by atoms with Crippen molar-refractivity contribution in [3.63, 3.8) is 0 Å². The molecule has 0 spiro atoms. The normalized spacial score (nSPS) is 27.5. The van der Waals surface area contributed by atoms with Crippen LogP contribution in [-0.2, 0) is 20.8 Å². The van der Waals surface area contributed by atoms with Gasteiger partial charge in [-0.25, -0.2) is 0 Å². The Balaban J connectivity index is 1.65. The first kappa shape index (κ1) is 20.8. The molecule has 6 nitrogen and oxygen atoms in total. The molecule has 2 aromatic rings. The Morgan fingerprint density at radius 1 is 0.929 bits per heavy atom. The fourth-order valence-corrected chi connectivity index (χ4v) is 3.09. The molecule has 1 heterocycles. The first-order valence-electron chi connectivity index (χ1n) is 9.65. The molecule has 0 aliphatic carbocycles. The molecule has 0 aromatic heterocycles. The van der Waals surface area contributed by atoms with Crippen LogP contribution in [0.1, 0.15) is 18.9 Å². The van der Waals surface area contributed by atoms with Crippen LogP contribution in [0.3, 0.4) is 0 Å². The molecule has 0 amide bonds. The van der Waals surface area contributed by atoms with Gasteiger partial charge < -0.3 is 29.2 Å². The molecular formula is C22H28O6. The first-order chi connectivity index (χ1) is 13.7. The van der Waals surface area contributed by atoms with Gasteiger partial charge in [0.1, 0.15) is 30.2 Å². The highest BCUT2D eigenvalue weighted by Crippen LogP contribution is 2.26. The SMILES string of the molecule is CCCO[C@@H]1[C@H](O)[C@H](Oc2ccccc2)O[C@@H](COCc2ccccc2)[C@H]1O.